The summed E-state index contributed by atoms with van der Waals surface area (Å²) in [6.45, 7) is 3.43. The molecule has 1 saturated heterocycles. The van der Waals surface area contributed by atoms with Crippen molar-refractivity contribution in [2.24, 2.45) is 5.73 Å². The third kappa shape index (κ3) is 5.15. The Bertz CT molecular complexity index is 682. The van der Waals surface area contributed by atoms with Gasteiger partial charge in [0.15, 0.2) is 6.61 Å². The predicted molar refractivity (Wildman–Crippen MR) is 95.2 cm³/mol. The van der Waals surface area contributed by atoms with Crippen molar-refractivity contribution in [3.05, 3.63) is 47.8 Å². The second-order valence-corrected chi connectivity index (χ2v) is 6.09. The summed E-state index contributed by atoms with van der Waals surface area (Å²) in [5.74, 6) is 0.977. The molecule has 0 radical (unpaired) electrons. The molecular weight excluding hydrogens is 318 g/mol. The number of nitrogens with two attached hydrogens (primary N) is 1. The van der Waals surface area contributed by atoms with Crippen molar-refractivity contribution in [2.75, 3.05) is 24.6 Å². The van der Waals surface area contributed by atoms with E-state index in [4.69, 9.17) is 10.5 Å². The molecule has 1 aromatic carbocycles. The fourth-order valence-electron chi connectivity index (χ4n) is 2.73. The lowest BCUT2D eigenvalue weighted by Crippen LogP contribution is -2.21. The van der Waals surface area contributed by atoms with E-state index in [0.29, 0.717) is 12.3 Å². The van der Waals surface area contributed by atoms with Crippen molar-refractivity contribution in [2.45, 2.75) is 25.9 Å². The zero-order valence-corrected chi connectivity index (χ0v) is 14.1. The lowest BCUT2D eigenvalue weighted by atomic mass is 10.2. The summed E-state index contributed by atoms with van der Waals surface area (Å²) in [4.78, 5) is 21.8. The molecule has 25 heavy (non-hydrogen) atoms. The molecule has 1 amide bonds. The predicted octanol–water partition coefficient (Wildman–Crippen LogP) is 1.23. The van der Waals surface area contributed by atoms with Crippen LogP contribution >= 0.6 is 0 Å². The minimum atomic E-state index is -0.483. The second kappa shape index (κ2) is 8.43. The molecule has 1 fully saturated rings. The average Bonchev–Trinajstić information content (AvgIpc) is 3.16. The second-order valence-electron chi connectivity index (χ2n) is 6.09. The summed E-state index contributed by atoms with van der Waals surface area (Å²) in [7, 11) is 0. The quantitative estimate of drug-likeness (QED) is 0.750. The standard InChI is InChI=1S/C18H23N5O2/c19-17(24)13-25-16-5-3-14(4-6-16)9-20-10-15-11-21-18(22-12-15)23-7-1-2-8-23/h3-6,11-12,20H,1-2,7-10,13H2,(H2,19,24). The van der Waals surface area contributed by atoms with Crippen molar-refractivity contribution in [1.82, 2.24) is 15.3 Å². The Morgan fingerprint density at radius 1 is 1.08 bits per heavy atom. The van der Waals surface area contributed by atoms with Gasteiger partial charge in [0.05, 0.1) is 0 Å². The van der Waals surface area contributed by atoms with E-state index in [1.807, 2.05) is 36.7 Å². The Balaban J connectivity index is 1.43. The number of primary amides is 1. The van der Waals surface area contributed by atoms with Crippen LogP contribution in [0.3, 0.4) is 0 Å². The highest BCUT2D eigenvalue weighted by molar-refractivity contribution is 5.75. The largest absolute Gasteiger partial charge is 0.484 e. The van der Waals surface area contributed by atoms with E-state index in [1.54, 1.807) is 0 Å². The van der Waals surface area contributed by atoms with E-state index in [0.717, 1.165) is 36.7 Å². The fraction of sp³-hybridized carbons (Fsp3) is 0.389. The van der Waals surface area contributed by atoms with E-state index in [-0.39, 0.29) is 6.61 Å². The zero-order valence-electron chi connectivity index (χ0n) is 14.1. The summed E-state index contributed by atoms with van der Waals surface area (Å²) in [6, 6.07) is 7.56. The lowest BCUT2D eigenvalue weighted by molar-refractivity contribution is -0.119. The van der Waals surface area contributed by atoms with Gasteiger partial charge < -0.3 is 20.7 Å². The molecule has 0 aliphatic carbocycles. The summed E-state index contributed by atoms with van der Waals surface area (Å²) < 4.78 is 5.23. The Morgan fingerprint density at radius 2 is 1.72 bits per heavy atom. The number of anilines is 1. The molecule has 2 aromatic rings. The first kappa shape index (κ1) is 17.2. The number of ether oxygens (including phenoxy) is 1. The molecule has 7 heteroatoms. The van der Waals surface area contributed by atoms with Crippen LogP contribution in [0.5, 0.6) is 5.75 Å². The third-order valence-electron chi connectivity index (χ3n) is 4.04. The topological polar surface area (TPSA) is 93.4 Å². The molecule has 0 unspecified atom stereocenters. The lowest BCUT2D eigenvalue weighted by Gasteiger charge is -2.14. The highest BCUT2D eigenvalue weighted by Crippen LogP contribution is 2.15. The van der Waals surface area contributed by atoms with Crippen LogP contribution in [0.4, 0.5) is 5.95 Å². The zero-order chi connectivity index (χ0) is 17.5. The van der Waals surface area contributed by atoms with Gasteiger partial charge in [0, 0.05) is 44.1 Å². The maximum atomic E-state index is 10.7. The van der Waals surface area contributed by atoms with Crippen molar-refractivity contribution >= 4 is 11.9 Å². The van der Waals surface area contributed by atoms with Gasteiger partial charge in [0.1, 0.15) is 5.75 Å². The van der Waals surface area contributed by atoms with Gasteiger partial charge in [-0.2, -0.15) is 0 Å². The number of rotatable bonds is 8. The van der Waals surface area contributed by atoms with Crippen LogP contribution in [0.1, 0.15) is 24.0 Å². The van der Waals surface area contributed by atoms with Gasteiger partial charge in [-0.05, 0) is 30.5 Å². The molecule has 132 valence electrons. The Labute approximate surface area is 147 Å². The summed E-state index contributed by atoms with van der Waals surface area (Å²) in [6.07, 6.45) is 6.21. The van der Waals surface area contributed by atoms with Gasteiger partial charge in [-0.25, -0.2) is 9.97 Å². The van der Waals surface area contributed by atoms with Gasteiger partial charge in [-0.15, -0.1) is 0 Å². The van der Waals surface area contributed by atoms with Crippen LogP contribution in [-0.2, 0) is 17.9 Å². The Morgan fingerprint density at radius 3 is 2.36 bits per heavy atom. The van der Waals surface area contributed by atoms with E-state index < -0.39 is 5.91 Å². The SMILES string of the molecule is NC(=O)COc1ccc(CNCc2cnc(N3CCCC3)nc2)cc1. The highest BCUT2D eigenvalue weighted by atomic mass is 16.5. The van der Waals surface area contributed by atoms with E-state index in [2.05, 4.69) is 20.2 Å². The van der Waals surface area contributed by atoms with Crippen LogP contribution in [0.15, 0.2) is 36.7 Å². The molecule has 1 aliphatic heterocycles. The Hall–Kier alpha value is -2.67. The summed E-state index contributed by atoms with van der Waals surface area (Å²) in [5.41, 5.74) is 7.23. The van der Waals surface area contributed by atoms with Crippen molar-refractivity contribution in [1.29, 1.82) is 0 Å². The number of amides is 1. The monoisotopic (exact) mass is 341 g/mol. The normalized spacial score (nSPS) is 13.8. The average molecular weight is 341 g/mol. The number of benzene rings is 1. The Kier molecular flexibility index (Phi) is 5.79. The number of nitrogens with zero attached hydrogens (tertiary/aromatic N) is 3. The fourth-order valence-corrected chi connectivity index (χ4v) is 2.73. The minimum absolute atomic E-state index is 0.106. The van der Waals surface area contributed by atoms with Crippen molar-refractivity contribution < 1.29 is 9.53 Å². The third-order valence-corrected chi connectivity index (χ3v) is 4.04. The molecule has 0 saturated carbocycles. The minimum Gasteiger partial charge on any atom is -0.484 e. The van der Waals surface area contributed by atoms with Gasteiger partial charge in [0.25, 0.3) is 5.91 Å². The van der Waals surface area contributed by atoms with Crippen LogP contribution < -0.4 is 20.7 Å². The molecule has 0 bridgehead atoms. The molecule has 3 N–H and O–H groups in total. The number of carbonyl (C=O) groups excluding carboxylic acids is 1. The van der Waals surface area contributed by atoms with Crippen molar-refractivity contribution in [3.63, 3.8) is 0 Å². The number of hydrogen-bond acceptors (Lipinski definition) is 6. The van der Waals surface area contributed by atoms with Crippen LogP contribution in [0, 0.1) is 0 Å². The van der Waals surface area contributed by atoms with Crippen LogP contribution in [-0.4, -0.2) is 35.6 Å². The number of hydrogen-bond donors (Lipinski definition) is 2. The summed E-state index contributed by atoms with van der Waals surface area (Å²) in [5, 5.41) is 3.37. The first-order valence-electron chi connectivity index (χ1n) is 8.47. The molecule has 1 aromatic heterocycles. The van der Waals surface area contributed by atoms with E-state index in [9.17, 15) is 4.79 Å². The first-order valence-corrected chi connectivity index (χ1v) is 8.47. The van der Waals surface area contributed by atoms with Crippen LogP contribution in [0.2, 0.25) is 0 Å². The molecule has 3 rings (SSSR count). The number of carbonyl (C=O) groups is 1. The van der Waals surface area contributed by atoms with Gasteiger partial charge in [-0.3, -0.25) is 4.79 Å². The van der Waals surface area contributed by atoms with Crippen LogP contribution in [0.25, 0.3) is 0 Å². The molecule has 2 heterocycles. The van der Waals surface area contributed by atoms with Gasteiger partial charge in [-0.1, -0.05) is 12.1 Å². The molecule has 1 aliphatic rings. The molecular formula is C18H23N5O2. The van der Waals surface area contributed by atoms with Crippen molar-refractivity contribution in [3.8, 4) is 5.75 Å². The smallest absolute Gasteiger partial charge is 0.255 e. The molecule has 0 spiro atoms. The van der Waals surface area contributed by atoms with E-state index >= 15 is 0 Å². The van der Waals surface area contributed by atoms with Gasteiger partial charge >= 0.3 is 0 Å². The summed E-state index contributed by atoms with van der Waals surface area (Å²) >= 11 is 0. The molecule has 0 atom stereocenters. The highest BCUT2D eigenvalue weighted by Gasteiger charge is 2.14. The number of aromatic nitrogens is 2. The van der Waals surface area contributed by atoms with E-state index in [1.165, 1.54) is 12.8 Å². The van der Waals surface area contributed by atoms with Gasteiger partial charge in [0.2, 0.25) is 5.95 Å². The maximum absolute atomic E-state index is 10.7. The molecule has 7 nitrogen and oxygen atoms in total. The first-order chi connectivity index (χ1) is 12.2. The maximum Gasteiger partial charge on any atom is 0.255 e. The number of nitrogens with one attached hydrogen (secondary N) is 1.